The van der Waals surface area contributed by atoms with Crippen molar-refractivity contribution in [2.24, 2.45) is 0 Å². The highest BCUT2D eigenvalue weighted by Crippen LogP contribution is 2.18. The molecule has 0 atom stereocenters. The van der Waals surface area contributed by atoms with Gasteiger partial charge in [-0.15, -0.1) is 0 Å². The van der Waals surface area contributed by atoms with Gasteiger partial charge in [-0.05, 0) is 31.0 Å². The fourth-order valence-electron chi connectivity index (χ4n) is 1.33. The Morgan fingerprint density at radius 1 is 1.38 bits per heavy atom. The summed E-state index contributed by atoms with van der Waals surface area (Å²) in [7, 11) is 0. The Labute approximate surface area is 96.3 Å². The number of ether oxygens (including phenoxy) is 1. The predicted octanol–water partition coefficient (Wildman–Crippen LogP) is 2.49. The van der Waals surface area contributed by atoms with E-state index in [0.717, 1.165) is 0 Å². The summed E-state index contributed by atoms with van der Waals surface area (Å²) in [6.45, 7) is 4.12. The van der Waals surface area contributed by atoms with E-state index in [1.54, 1.807) is 24.3 Å². The van der Waals surface area contributed by atoms with Crippen molar-refractivity contribution < 1.29 is 9.84 Å². The van der Waals surface area contributed by atoms with Crippen molar-refractivity contribution in [3.63, 3.8) is 0 Å². The minimum absolute atomic E-state index is 0.259. The van der Waals surface area contributed by atoms with Crippen molar-refractivity contribution in [2.75, 3.05) is 6.61 Å². The summed E-state index contributed by atoms with van der Waals surface area (Å²) < 4.78 is 5.49. The third-order valence-corrected chi connectivity index (χ3v) is 2.79. The van der Waals surface area contributed by atoms with E-state index in [9.17, 15) is 5.11 Å². The summed E-state index contributed by atoms with van der Waals surface area (Å²) in [4.78, 5) is 0. The summed E-state index contributed by atoms with van der Waals surface area (Å²) in [6.07, 6.45) is 1.31. The number of rotatable bonds is 5. The van der Waals surface area contributed by atoms with Gasteiger partial charge in [0.25, 0.3) is 0 Å². The average molecular weight is 219 g/mol. The van der Waals surface area contributed by atoms with E-state index < -0.39 is 5.60 Å². The molecule has 16 heavy (non-hydrogen) atoms. The molecule has 86 valence electrons. The molecule has 1 rings (SSSR count). The van der Waals surface area contributed by atoms with Crippen LogP contribution in [0.15, 0.2) is 24.3 Å². The maximum Gasteiger partial charge on any atom is 0.120 e. The van der Waals surface area contributed by atoms with Gasteiger partial charge in [-0.3, -0.25) is 0 Å². The molecule has 0 radical (unpaired) electrons. The van der Waals surface area contributed by atoms with Gasteiger partial charge in [0.15, 0.2) is 0 Å². The molecular formula is C13H17NO2. The standard InChI is InChI=1S/C13H17NO2/c1-3-13(15,4-2)10-16-12-7-5-6-11(8-12)9-14/h5-8,15H,3-4,10H2,1-2H3. The zero-order valence-corrected chi connectivity index (χ0v) is 9.73. The molecule has 1 aromatic rings. The van der Waals surface area contributed by atoms with Gasteiger partial charge in [-0.25, -0.2) is 0 Å². The molecule has 0 amide bonds. The topological polar surface area (TPSA) is 53.2 Å². The molecular weight excluding hydrogens is 202 g/mol. The molecule has 0 aliphatic carbocycles. The Morgan fingerprint density at radius 3 is 2.62 bits per heavy atom. The van der Waals surface area contributed by atoms with E-state index in [4.69, 9.17) is 10.00 Å². The van der Waals surface area contributed by atoms with Crippen LogP contribution in [0.3, 0.4) is 0 Å². The fourth-order valence-corrected chi connectivity index (χ4v) is 1.33. The molecule has 1 aromatic carbocycles. The Hall–Kier alpha value is -1.53. The number of nitriles is 1. The normalized spacial score (nSPS) is 10.9. The maximum atomic E-state index is 10.0. The van der Waals surface area contributed by atoms with Crippen LogP contribution in [-0.4, -0.2) is 17.3 Å². The Balaban J connectivity index is 2.64. The summed E-state index contributed by atoms with van der Waals surface area (Å²) in [6, 6.07) is 9.00. The Kier molecular flexibility index (Phi) is 4.33. The lowest BCUT2D eigenvalue weighted by atomic mass is 9.99. The van der Waals surface area contributed by atoms with E-state index in [2.05, 4.69) is 0 Å². The SMILES string of the molecule is CCC(O)(CC)COc1cccc(C#N)c1. The second-order valence-electron chi connectivity index (χ2n) is 3.86. The van der Waals surface area contributed by atoms with Crippen LogP contribution in [0.5, 0.6) is 5.75 Å². The largest absolute Gasteiger partial charge is 0.491 e. The third-order valence-electron chi connectivity index (χ3n) is 2.79. The second kappa shape index (κ2) is 5.53. The molecule has 3 nitrogen and oxygen atoms in total. The molecule has 0 fully saturated rings. The van der Waals surface area contributed by atoms with Gasteiger partial charge in [0.05, 0.1) is 17.2 Å². The molecule has 0 spiro atoms. The van der Waals surface area contributed by atoms with Crippen molar-refractivity contribution in [3.8, 4) is 11.8 Å². The molecule has 0 saturated heterocycles. The summed E-state index contributed by atoms with van der Waals surface area (Å²) in [5.74, 6) is 0.624. The first-order valence-corrected chi connectivity index (χ1v) is 5.49. The highest BCUT2D eigenvalue weighted by atomic mass is 16.5. The van der Waals surface area contributed by atoms with E-state index in [0.29, 0.717) is 24.2 Å². The maximum absolute atomic E-state index is 10.0. The third kappa shape index (κ3) is 3.25. The lowest BCUT2D eigenvalue weighted by Gasteiger charge is -2.25. The lowest BCUT2D eigenvalue weighted by molar-refractivity contribution is -0.0113. The molecule has 0 aliphatic heterocycles. The van der Waals surface area contributed by atoms with E-state index in [1.807, 2.05) is 19.9 Å². The van der Waals surface area contributed by atoms with Crippen molar-refractivity contribution in [3.05, 3.63) is 29.8 Å². The van der Waals surface area contributed by atoms with Crippen LogP contribution >= 0.6 is 0 Å². The van der Waals surface area contributed by atoms with Crippen LogP contribution in [-0.2, 0) is 0 Å². The molecule has 0 aliphatic rings. The van der Waals surface area contributed by atoms with Gasteiger partial charge < -0.3 is 9.84 Å². The van der Waals surface area contributed by atoms with Crippen LogP contribution in [0, 0.1) is 11.3 Å². The van der Waals surface area contributed by atoms with Gasteiger partial charge in [-0.2, -0.15) is 5.26 Å². The van der Waals surface area contributed by atoms with Crippen LogP contribution in [0.25, 0.3) is 0 Å². The van der Waals surface area contributed by atoms with Crippen LogP contribution in [0.4, 0.5) is 0 Å². The first-order valence-electron chi connectivity index (χ1n) is 5.49. The molecule has 0 bridgehead atoms. The Bertz CT molecular complexity index is 378. The van der Waals surface area contributed by atoms with Crippen LogP contribution < -0.4 is 4.74 Å². The highest BCUT2D eigenvalue weighted by molar-refractivity contribution is 5.36. The van der Waals surface area contributed by atoms with E-state index >= 15 is 0 Å². The highest BCUT2D eigenvalue weighted by Gasteiger charge is 2.22. The molecule has 0 saturated carbocycles. The predicted molar refractivity (Wildman–Crippen MR) is 62.2 cm³/mol. The van der Waals surface area contributed by atoms with Gasteiger partial charge in [-0.1, -0.05) is 19.9 Å². The lowest BCUT2D eigenvalue weighted by Crippen LogP contribution is -2.34. The average Bonchev–Trinajstić information content (AvgIpc) is 2.36. The minimum atomic E-state index is -0.775. The molecule has 3 heteroatoms. The van der Waals surface area contributed by atoms with Gasteiger partial charge in [0.1, 0.15) is 12.4 Å². The van der Waals surface area contributed by atoms with Crippen molar-refractivity contribution >= 4 is 0 Å². The first kappa shape index (κ1) is 12.5. The van der Waals surface area contributed by atoms with E-state index in [-0.39, 0.29) is 6.61 Å². The number of hydrogen-bond donors (Lipinski definition) is 1. The van der Waals surface area contributed by atoms with Gasteiger partial charge >= 0.3 is 0 Å². The summed E-state index contributed by atoms with van der Waals surface area (Å²) >= 11 is 0. The summed E-state index contributed by atoms with van der Waals surface area (Å²) in [5.41, 5.74) is -0.211. The minimum Gasteiger partial charge on any atom is -0.491 e. The fraction of sp³-hybridized carbons (Fsp3) is 0.462. The van der Waals surface area contributed by atoms with Crippen molar-refractivity contribution in [1.82, 2.24) is 0 Å². The number of hydrogen-bond acceptors (Lipinski definition) is 3. The van der Waals surface area contributed by atoms with Crippen LogP contribution in [0.1, 0.15) is 32.3 Å². The number of benzene rings is 1. The zero-order valence-electron chi connectivity index (χ0n) is 9.73. The molecule has 0 unspecified atom stereocenters. The van der Waals surface area contributed by atoms with Gasteiger partial charge in [0, 0.05) is 0 Å². The Morgan fingerprint density at radius 2 is 2.06 bits per heavy atom. The summed E-state index contributed by atoms with van der Waals surface area (Å²) in [5, 5.41) is 18.8. The molecule has 0 heterocycles. The quantitative estimate of drug-likeness (QED) is 0.827. The first-order chi connectivity index (χ1) is 7.63. The molecule has 1 N–H and O–H groups in total. The molecule has 0 aromatic heterocycles. The number of aliphatic hydroxyl groups is 1. The van der Waals surface area contributed by atoms with E-state index in [1.165, 1.54) is 0 Å². The smallest absolute Gasteiger partial charge is 0.120 e. The number of nitrogens with zero attached hydrogens (tertiary/aromatic N) is 1. The van der Waals surface area contributed by atoms with Gasteiger partial charge in [0.2, 0.25) is 0 Å². The van der Waals surface area contributed by atoms with Crippen LogP contribution in [0.2, 0.25) is 0 Å². The second-order valence-corrected chi connectivity index (χ2v) is 3.86. The van der Waals surface area contributed by atoms with Crippen molar-refractivity contribution in [2.45, 2.75) is 32.3 Å². The zero-order chi connectivity index (χ0) is 12.0. The monoisotopic (exact) mass is 219 g/mol. The van der Waals surface area contributed by atoms with Crippen molar-refractivity contribution in [1.29, 1.82) is 5.26 Å².